The maximum Gasteiger partial charge on any atom is 0.290 e. The molecule has 2 rings (SSSR count). The van der Waals surface area contributed by atoms with E-state index in [0.29, 0.717) is 17.0 Å². The van der Waals surface area contributed by atoms with Gasteiger partial charge in [0.15, 0.2) is 4.90 Å². The molecule has 0 aromatic heterocycles. The number of ether oxygens (including phenoxy) is 1. The first kappa shape index (κ1) is 17.7. The second-order valence-corrected chi connectivity index (χ2v) is 7.10. The summed E-state index contributed by atoms with van der Waals surface area (Å²) in [4.78, 5) is 10.1. The van der Waals surface area contributed by atoms with Crippen molar-refractivity contribution in [1.29, 1.82) is 0 Å². The first-order valence-corrected chi connectivity index (χ1v) is 8.72. The smallest absolute Gasteiger partial charge is 0.290 e. The van der Waals surface area contributed by atoms with E-state index in [9.17, 15) is 18.5 Å². The lowest BCUT2D eigenvalue weighted by Gasteiger charge is -2.12. The molecular formula is C16H18N2O5S. The second kappa shape index (κ2) is 6.88. The maximum absolute atomic E-state index is 12.6. The number of nitro groups is 1. The number of sulfonamides is 1. The van der Waals surface area contributed by atoms with Gasteiger partial charge in [-0.05, 0) is 50.6 Å². The fourth-order valence-electron chi connectivity index (χ4n) is 2.21. The predicted octanol–water partition coefficient (Wildman–Crippen LogP) is 3.49. The Balaban J connectivity index is 2.34. The van der Waals surface area contributed by atoms with Gasteiger partial charge in [0.25, 0.3) is 15.7 Å². The van der Waals surface area contributed by atoms with Crippen molar-refractivity contribution >= 4 is 21.4 Å². The highest BCUT2D eigenvalue weighted by Crippen LogP contribution is 2.29. The average molecular weight is 350 g/mol. The van der Waals surface area contributed by atoms with Crippen molar-refractivity contribution in [2.24, 2.45) is 0 Å². The number of nitrogens with zero attached hydrogens (tertiary/aromatic N) is 1. The molecule has 0 fully saturated rings. The summed E-state index contributed by atoms with van der Waals surface area (Å²) in [6, 6.07) is 10.5. The summed E-state index contributed by atoms with van der Waals surface area (Å²) in [5.41, 5.74) is 0.141. The molecule has 0 saturated heterocycles. The monoisotopic (exact) mass is 350 g/mol. The zero-order chi connectivity index (χ0) is 17.9. The van der Waals surface area contributed by atoms with Gasteiger partial charge in [0.1, 0.15) is 5.75 Å². The Morgan fingerprint density at radius 1 is 1.12 bits per heavy atom. The van der Waals surface area contributed by atoms with Crippen LogP contribution in [0.3, 0.4) is 0 Å². The van der Waals surface area contributed by atoms with E-state index in [1.165, 1.54) is 25.1 Å². The van der Waals surface area contributed by atoms with Gasteiger partial charge in [0, 0.05) is 11.8 Å². The van der Waals surface area contributed by atoms with E-state index in [1.54, 1.807) is 24.3 Å². The lowest BCUT2D eigenvalue weighted by molar-refractivity contribution is -0.387. The molecule has 0 atom stereocenters. The Kier molecular flexibility index (Phi) is 5.08. The maximum atomic E-state index is 12.6. The standard InChI is InChI=1S/C16H18N2O5S/c1-11(2)23-14-9-7-13(8-10-14)17-24(21,22)16-12(3)5-4-6-15(16)18(19)20/h4-11,17H,1-3H3. The SMILES string of the molecule is Cc1cccc([N+](=O)[O-])c1S(=O)(=O)Nc1ccc(OC(C)C)cc1. The van der Waals surface area contributed by atoms with Gasteiger partial charge in [-0.3, -0.25) is 14.8 Å². The van der Waals surface area contributed by atoms with Gasteiger partial charge < -0.3 is 4.74 Å². The normalized spacial score (nSPS) is 11.3. The van der Waals surface area contributed by atoms with Crippen molar-refractivity contribution < 1.29 is 18.1 Å². The molecule has 0 aliphatic heterocycles. The van der Waals surface area contributed by atoms with E-state index in [4.69, 9.17) is 4.74 Å². The molecule has 0 aliphatic rings. The lowest BCUT2D eigenvalue weighted by atomic mass is 10.2. The van der Waals surface area contributed by atoms with Crippen molar-refractivity contribution in [2.45, 2.75) is 31.8 Å². The van der Waals surface area contributed by atoms with E-state index >= 15 is 0 Å². The largest absolute Gasteiger partial charge is 0.491 e. The molecular weight excluding hydrogens is 332 g/mol. The zero-order valence-corrected chi connectivity index (χ0v) is 14.3. The molecule has 0 unspecified atom stereocenters. The van der Waals surface area contributed by atoms with Gasteiger partial charge in [0.2, 0.25) is 0 Å². The van der Waals surface area contributed by atoms with Gasteiger partial charge >= 0.3 is 0 Å². The van der Waals surface area contributed by atoms with E-state index in [2.05, 4.69) is 4.72 Å². The highest BCUT2D eigenvalue weighted by Gasteiger charge is 2.27. The summed E-state index contributed by atoms with van der Waals surface area (Å²) in [6.07, 6.45) is 0.00200. The molecule has 8 heteroatoms. The van der Waals surface area contributed by atoms with E-state index in [1.807, 2.05) is 13.8 Å². The minimum atomic E-state index is -4.09. The van der Waals surface area contributed by atoms with Crippen LogP contribution in [0.5, 0.6) is 5.75 Å². The van der Waals surface area contributed by atoms with Gasteiger partial charge in [-0.15, -0.1) is 0 Å². The summed E-state index contributed by atoms with van der Waals surface area (Å²) < 4.78 is 33.0. The third kappa shape index (κ3) is 4.02. The van der Waals surface area contributed by atoms with Crippen LogP contribution in [-0.2, 0) is 10.0 Å². The summed E-state index contributed by atoms with van der Waals surface area (Å²) in [5.74, 6) is 0.606. The molecule has 24 heavy (non-hydrogen) atoms. The Bertz CT molecular complexity index is 845. The van der Waals surface area contributed by atoms with Crippen molar-refractivity contribution in [1.82, 2.24) is 0 Å². The number of hydrogen-bond donors (Lipinski definition) is 1. The molecule has 2 aromatic carbocycles. The number of hydrogen-bond acceptors (Lipinski definition) is 5. The first-order chi connectivity index (χ1) is 11.2. The van der Waals surface area contributed by atoms with Crippen LogP contribution < -0.4 is 9.46 Å². The quantitative estimate of drug-likeness (QED) is 0.635. The minimum absolute atomic E-state index is 0.00200. The van der Waals surface area contributed by atoms with Crippen LogP contribution in [0.2, 0.25) is 0 Å². The molecule has 0 bridgehead atoms. The molecule has 128 valence electrons. The van der Waals surface area contributed by atoms with Gasteiger partial charge in [-0.25, -0.2) is 8.42 Å². The Hall–Kier alpha value is -2.61. The topological polar surface area (TPSA) is 98.5 Å². The second-order valence-electron chi connectivity index (χ2n) is 5.48. The third-order valence-electron chi connectivity index (χ3n) is 3.13. The number of nitro benzene ring substituents is 1. The molecule has 7 nitrogen and oxygen atoms in total. The van der Waals surface area contributed by atoms with Crippen LogP contribution in [0, 0.1) is 17.0 Å². The Morgan fingerprint density at radius 3 is 2.29 bits per heavy atom. The molecule has 0 saturated carbocycles. The van der Waals surface area contributed by atoms with Crippen molar-refractivity contribution in [3.05, 3.63) is 58.1 Å². The Labute approximate surface area is 140 Å². The minimum Gasteiger partial charge on any atom is -0.491 e. The third-order valence-corrected chi connectivity index (χ3v) is 4.71. The zero-order valence-electron chi connectivity index (χ0n) is 13.5. The molecule has 0 radical (unpaired) electrons. The average Bonchev–Trinajstić information content (AvgIpc) is 2.48. The molecule has 0 amide bonds. The summed E-state index contributed by atoms with van der Waals surface area (Å²) in [5, 5.41) is 11.1. The summed E-state index contributed by atoms with van der Waals surface area (Å²) in [6.45, 7) is 5.28. The molecule has 0 heterocycles. The van der Waals surface area contributed by atoms with Crippen LogP contribution in [-0.4, -0.2) is 19.4 Å². The highest BCUT2D eigenvalue weighted by molar-refractivity contribution is 7.93. The molecule has 1 N–H and O–H groups in total. The van der Waals surface area contributed by atoms with Crippen molar-refractivity contribution in [3.8, 4) is 5.75 Å². The number of aryl methyl sites for hydroxylation is 1. The van der Waals surface area contributed by atoms with Crippen molar-refractivity contribution in [2.75, 3.05) is 4.72 Å². The fraction of sp³-hybridized carbons (Fsp3) is 0.250. The number of rotatable bonds is 6. The van der Waals surface area contributed by atoms with Crippen molar-refractivity contribution in [3.63, 3.8) is 0 Å². The number of anilines is 1. The summed E-state index contributed by atoms with van der Waals surface area (Å²) in [7, 11) is -4.09. The van der Waals surface area contributed by atoms with E-state index in [0.717, 1.165) is 0 Å². The summed E-state index contributed by atoms with van der Waals surface area (Å²) >= 11 is 0. The van der Waals surface area contributed by atoms with Gasteiger partial charge in [-0.1, -0.05) is 12.1 Å². The fourth-order valence-corrected chi connectivity index (χ4v) is 3.67. The lowest BCUT2D eigenvalue weighted by Crippen LogP contribution is -2.16. The Morgan fingerprint density at radius 2 is 1.75 bits per heavy atom. The molecule has 2 aromatic rings. The van der Waals surface area contributed by atoms with E-state index in [-0.39, 0.29) is 11.0 Å². The molecule has 0 spiro atoms. The number of benzene rings is 2. The van der Waals surface area contributed by atoms with Gasteiger partial charge in [0.05, 0.1) is 11.0 Å². The molecule has 0 aliphatic carbocycles. The van der Waals surface area contributed by atoms with Crippen LogP contribution in [0.25, 0.3) is 0 Å². The van der Waals surface area contributed by atoms with Crippen LogP contribution >= 0.6 is 0 Å². The highest BCUT2D eigenvalue weighted by atomic mass is 32.2. The van der Waals surface area contributed by atoms with Gasteiger partial charge in [-0.2, -0.15) is 0 Å². The van der Waals surface area contributed by atoms with Crippen LogP contribution in [0.4, 0.5) is 11.4 Å². The van der Waals surface area contributed by atoms with Crippen LogP contribution in [0.1, 0.15) is 19.4 Å². The number of nitrogens with one attached hydrogen (secondary N) is 1. The van der Waals surface area contributed by atoms with E-state index < -0.39 is 20.6 Å². The first-order valence-electron chi connectivity index (χ1n) is 7.24. The van der Waals surface area contributed by atoms with Crippen LogP contribution in [0.15, 0.2) is 47.4 Å². The predicted molar refractivity (Wildman–Crippen MR) is 90.8 cm³/mol.